The minimum absolute atomic E-state index is 0.0325. The van der Waals surface area contributed by atoms with Gasteiger partial charge in [0.25, 0.3) is 5.91 Å². The van der Waals surface area contributed by atoms with E-state index in [0.29, 0.717) is 28.6 Å². The molecular formula is C22H26N2O2S3. The number of thiophene rings is 1. The van der Waals surface area contributed by atoms with Crippen molar-refractivity contribution in [2.45, 2.75) is 56.9 Å². The van der Waals surface area contributed by atoms with Crippen molar-refractivity contribution in [2.75, 3.05) is 6.54 Å². The van der Waals surface area contributed by atoms with Crippen LogP contribution in [0.5, 0.6) is 0 Å². The fourth-order valence-electron chi connectivity index (χ4n) is 6.22. The lowest BCUT2D eigenvalue weighted by molar-refractivity contribution is -0.127. The normalized spacial score (nSPS) is 34.4. The molecular weight excluding hydrogens is 420 g/mol. The van der Waals surface area contributed by atoms with Gasteiger partial charge < -0.3 is 5.32 Å². The number of rotatable bonds is 6. The average Bonchev–Trinajstić information content (AvgIpc) is 3.24. The Labute approximate surface area is 185 Å². The van der Waals surface area contributed by atoms with Gasteiger partial charge in [-0.05, 0) is 80.2 Å². The van der Waals surface area contributed by atoms with E-state index < -0.39 is 0 Å². The van der Waals surface area contributed by atoms with Crippen LogP contribution in [0.15, 0.2) is 22.4 Å². The Morgan fingerprint density at radius 1 is 1.24 bits per heavy atom. The fraction of sp³-hybridized carbons (Fsp3) is 0.591. The molecule has 1 aromatic rings. The number of hydrogen-bond donors (Lipinski definition) is 1. The van der Waals surface area contributed by atoms with Crippen molar-refractivity contribution in [3.8, 4) is 0 Å². The molecule has 4 aliphatic carbocycles. The number of nitrogens with zero attached hydrogens (tertiary/aromatic N) is 1. The first kappa shape index (κ1) is 19.8. The van der Waals surface area contributed by atoms with E-state index in [1.54, 1.807) is 16.2 Å². The van der Waals surface area contributed by atoms with Crippen molar-refractivity contribution in [3.05, 3.63) is 27.3 Å². The van der Waals surface area contributed by atoms with E-state index in [-0.39, 0.29) is 17.4 Å². The Bertz CT molecular complexity index is 826. The summed E-state index contributed by atoms with van der Waals surface area (Å²) in [4.78, 5) is 28.7. The van der Waals surface area contributed by atoms with Gasteiger partial charge in [0, 0.05) is 23.4 Å². The summed E-state index contributed by atoms with van der Waals surface area (Å²) in [5.41, 5.74) is 0.0665. The Balaban J connectivity index is 1.13. The van der Waals surface area contributed by atoms with Gasteiger partial charge in [-0.15, -0.1) is 11.3 Å². The van der Waals surface area contributed by atoms with Crippen LogP contribution in [0.2, 0.25) is 0 Å². The van der Waals surface area contributed by atoms with E-state index in [4.69, 9.17) is 12.2 Å². The Morgan fingerprint density at radius 3 is 2.55 bits per heavy atom. The lowest BCUT2D eigenvalue weighted by Gasteiger charge is -2.56. The van der Waals surface area contributed by atoms with Crippen LogP contribution in [-0.2, 0) is 9.59 Å². The largest absolute Gasteiger partial charge is 0.351 e. The highest BCUT2D eigenvalue weighted by Gasteiger charge is 2.51. The van der Waals surface area contributed by atoms with E-state index in [0.717, 1.165) is 22.6 Å². The SMILES string of the molecule is O=C(CCCN1C(=O)C(=Cc2cccs2)SC1=S)NC12CC3CC(CC(C3)C1)C2. The number of nitrogens with one attached hydrogen (secondary N) is 1. The van der Waals surface area contributed by atoms with E-state index >= 15 is 0 Å². The Kier molecular flexibility index (Phi) is 5.33. The summed E-state index contributed by atoms with van der Waals surface area (Å²) in [7, 11) is 0. The molecule has 29 heavy (non-hydrogen) atoms. The highest BCUT2D eigenvalue weighted by molar-refractivity contribution is 8.26. The zero-order chi connectivity index (χ0) is 20.0. The molecule has 4 saturated carbocycles. The first-order valence-corrected chi connectivity index (χ1v) is 12.7. The molecule has 2 heterocycles. The smallest absolute Gasteiger partial charge is 0.266 e. The standard InChI is InChI=1S/C22H26N2O2S3/c25-19(23-22-11-14-7-15(12-22)9-16(8-14)13-22)4-1-5-24-20(26)18(29-21(24)27)10-17-3-2-6-28-17/h2-3,6,10,14-16H,1,4-5,7-9,11-13H2,(H,23,25). The minimum atomic E-state index is -0.0325. The predicted molar refractivity (Wildman–Crippen MR) is 122 cm³/mol. The van der Waals surface area contributed by atoms with Gasteiger partial charge in [0.15, 0.2) is 0 Å². The van der Waals surface area contributed by atoms with Crippen LogP contribution in [-0.4, -0.2) is 33.1 Å². The topological polar surface area (TPSA) is 49.4 Å². The van der Waals surface area contributed by atoms with Gasteiger partial charge in [-0.1, -0.05) is 30.0 Å². The summed E-state index contributed by atoms with van der Waals surface area (Å²) in [6, 6.07) is 3.96. The van der Waals surface area contributed by atoms with Crippen LogP contribution in [0.3, 0.4) is 0 Å². The van der Waals surface area contributed by atoms with Crippen molar-refractivity contribution in [1.82, 2.24) is 10.2 Å². The van der Waals surface area contributed by atoms with Crippen LogP contribution >= 0.6 is 35.3 Å². The molecule has 4 bridgehead atoms. The van der Waals surface area contributed by atoms with Crippen molar-refractivity contribution < 1.29 is 9.59 Å². The van der Waals surface area contributed by atoms with Gasteiger partial charge in [0.1, 0.15) is 4.32 Å². The second-order valence-corrected chi connectivity index (χ2v) is 11.9. The molecule has 1 N–H and O–H groups in total. The molecule has 0 atom stereocenters. The van der Waals surface area contributed by atoms with Gasteiger partial charge in [-0.2, -0.15) is 0 Å². The molecule has 5 fully saturated rings. The third kappa shape index (κ3) is 4.06. The minimum Gasteiger partial charge on any atom is -0.351 e. The molecule has 4 nitrogen and oxygen atoms in total. The molecule has 0 radical (unpaired) electrons. The molecule has 1 aromatic heterocycles. The number of carbonyl (C=O) groups excluding carboxylic acids is 2. The van der Waals surface area contributed by atoms with E-state index in [1.165, 1.54) is 50.3 Å². The molecule has 2 amide bonds. The summed E-state index contributed by atoms with van der Waals surface area (Å²) >= 11 is 8.37. The van der Waals surface area contributed by atoms with E-state index in [1.807, 2.05) is 23.6 Å². The van der Waals surface area contributed by atoms with Crippen molar-refractivity contribution in [2.24, 2.45) is 17.8 Å². The Hall–Kier alpha value is -1.18. The van der Waals surface area contributed by atoms with Gasteiger partial charge >= 0.3 is 0 Å². The van der Waals surface area contributed by atoms with Gasteiger partial charge in [0.05, 0.1) is 4.91 Å². The molecule has 0 unspecified atom stereocenters. The number of thiocarbonyl (C=S) groups is 1. The number of thioether (sulfide) groups is 1. The van der Waals surface area contributed by atoms with Gasteiger partial charge in [-0.3, -0.25) is 14.5 Å². The molecule has 0 aromatic carbocycles. The zero-order valence-corrected chi connectivity index (χ0v) is 18.8. The molecule has 7 heteroatoms. The van der Waals surface area contributed by atoms with Gasteiger partial charge in [0.2, 0.25) is 5.91 Å². The highest BCUT2D eigenvalue weighted by Crippen LogP contribution is 2.55. The van der Waals surface area contributed by atoms with E-state index in [2.05, 4.69) is 5.32 Å². The Morgan fingerprint density at radius 2 is 1.93 bits per heavy atom. The van der Waals surface area contributed by atoms with Crippen LogP contribution in [0, 0.1) is 17.8 Å². The van der Waals surface area contributed by atoms with Crippen molar-refractivity contribution in [3.63, 3.8) is 0 Å². The summed E-state index contributed by atoms with van der Waals surface area (Å²) in [5, 5.41) is 5.42. The number of hydrogen-bond acceptors (Lipinski definition) is 5. The maximum Gasteiger partial charge on any atom is 0.266 e. The summed E-state index contributed by atoms with van der Waals surface area (Å²) in [6.45, 7) is 0.515. The molecule has 0 spiro atoms. The monoisotopic (exact) mass is 446 g/mol. The first-order valence-electron chi connectivity index (χ1n) is 10.6. The summed E-state index contributed by atoms with van der Waals surface area (Å²) < 4.78 is 0.597. The summed E-state index contributed by atoms with van der Waals surface area (Å²) in [5.74, 6) is 2.59. The molecule has 5 aliphatic rings. The number of amides is 2. The van der Waals surface area contributed by atoms with Gasteiger partial charge in [-0.25, -0.2) is 0 Å². The van der Waals surface area contributed by atoms with Crippen LogP contribution in [0.1, 0.15) is 56.2 Å². The van der Waals surface area contributed by atoms with E-state index in [9.17, 15) is 9.59 Å². The average molecular weight is 447 g/mol. The highest BCUT2D eigenvalue weighted by atomic mass is 32.2. The van der Waals surface area contributed by atoms with Crippen LogP contribution in [0.25, 0.3) is 6.08 Å². The van der Waals surface area contributed by atoms with Crippen LogP contribution < -0.4 is 5.32 Å². The fourth-order valence-corrected chi connectivity index (χ4v) is 8.25. The predicted octanol–water partition coefficient (Wildman–Crippen LogP) is 4.81. The second-order valence-electron chi connectivity index (χ2n) is 9.20. The maximum absolute atomic E-state index is 12.7. The molecule has 154 valence electrons. The third-order valence-electron chi connectivity index (χ3n) is 6.92. The maximum atomic E-state index is 12.7. The van der Waals surface area contributed by atoms with Crippen molar-refractivity contribution in [1.29, 1.82) is 0 Å². The zero-order valence-electron chi connectivity index (χ0n) is 16.4. The third-order valence-corrected chi connectivity index (χ3v) is 9.12. The van der Waals surface area contributed by atoms with Crippen molar-refractivity contribution >= 4 is 57.5 Å². The lowest BCUT2D eigenvalue weighted by atomic mass is 9.53. The second kappa shape index (κ2) is 7.82. The molecule has 1 saturated heterocycles. The molecule has 6 rings (SSSR count). The quantitative estimate of drug-likeness (QED) is 0.503. The molecule has 1 aliphatic heterocycles. The summed E-state index contributed by atoms with van der Waals surface area (Å²) in [6.07, 6.45) is 10.7. The van der Waals surface area contributed by atoms with Crippen LogP contribution in [0.4, 0.5) is 0 Å². The first-order chi connectivity index (χ1) is 14.0. The lowest BCUT2D eigenvalue weighted by Crippen LogP contribution is -2.59. The number of carbonyl (C=O) groups is 2.